The molecule has 0 aliphatic rings. The van der Waals surface area contributed by atoms with Gasteiger partial charge >= 0.3 is 0 Å². The first kappa shape index (κ1) is 31.2. The number of fused-ring (bicyclic) bond motifs is 2. The number of hydrogen-bond acceptors (Lipinski definition) is 2. The fraction of sp³-hybridized carbons (Fsp3) is 0.0833. The summed E-state index contributed by atoms with van der Waals surface area (Å²) in [6.45, 7) is 4.55. The van der Waals surface area contributed by atoms with Crippen LogP contribution in [0.15, 0.2) is 188 Å². The van der Waals surface area contributed by atoms with Crippen LogP contribution in [0.3, 0.4) is 0 Å². The standard InChI is InChI=1S/C48H40N2/c1-3-35(2)36-17-23-43(24-18-36)49(47-27-21-38-13-7-9-15-41(38)33-47)45-29-31-46(32-30-45)50(48-28-22-39-14-8-10-16-42(39)34-48)44-25-19-40(20-26-44)37-11-5-4-6-12-37/h4-35H,3H2,1-2H3. The molecule has 0 saturated carbocycles. The first-order valence-electron chi connectivity index (χ1n) is 17.6. The van der Waals surface area contributed by atoms with Gasteiger partial charge in [0, 0.05) is 34.1 Å². The zero-order chi connectivity index (χ0) is 33.9. The molecule has 0 aliphatic carbocycles. The van der Waals surface area contributed by atoms with Gasteiger partial charge in [0.15, 0.2) is 0 Å². The van der Waals surface area contributed by atoms with E-state index in [0.717, 1.165) is 40.5 Å². The first-order chi connectivity index (χ1) is 24.6. The van der Waals surface area contributed by atoms with E-state index in [1.165, 1.54) is 38.2 Å². The van der Waals surface area contributed by atoms with Crippen molar-refractivity contribution in [3.05, 3.63) is 194 Å². The highest BCUT2D eigenvalue weighted by atomic mass is 15.2. The van der Waals surface area contributed by atoms with Crippen LogP contribution in [0.2, 0.25) is 0 Å². The largest absolute Gasteiger partial charge is 0.310 e. The second-order valence-corrected chi connectivity index (χ2v) is 13.1. The van der Waals surface area contributed by atoms with Crippen molar-refractivity contribution < 1.29 is 0 Å². The number of hydrogen-bond donors (Lipinski definition) is 0. The van der Waals surface area contributed by atoms with Crippen LogP contribution in [0.4, 0.5) is 34.1 Å². The van der Waals surface area contributed by atoms with E-state index in [9.17, 15) is 0 Å². The van der Waals surface area contributed by atoms with E-state index in [4.69, 9.17) is 0 Å². The van der Waals surface area contributed by atoms with Crippen molar-refractivity contribution in [3.8, 4) is 11.1 Å². The van der Waals surface area contributed by atoms with Gasteiger partial charge in [-0.2, -0.15) is 0 Å². The molecule has 0 radical (unpaired) electrons. The third-order valence-corrected chi connectivity index (χ3v) is 9.91. The molecule has 0 saturated heterocycles. The minimum atomic E-state index is 0.528. The highest BCUT2D eigenvalue weighted by Gasteiger charge is 2.17. The highest BCUT2D eigenvalue weighted by molar-refractivity contribution is 5.91. The second kappa shape index (κ2) is 13.8. The van der Waals surface area contributed by atoms with E-state index in [-0.39, 0.29) is 0 Å². The molecule has 0 N–H and O–H groups in total. The van der Waals surface area contributed by atoms with Gasteiger partial charge in [-0.05, 0) is 123 Å². The lowest BCUT2D eigenvalue weighted by molar-refractivity contribution is 0.733. The van der Waals surface area contributed by atoms with Crippen molar-refractivity contribution in [1.82, 2.24) is 0 Å². The zero-order valence-electron chi connectivity index (χ0n) is 28.6. The Bertz CT molecular complexity index is 2360. The Morgan fingerprint density at radius 2 is 0.720 bits per heavy atom. The molecule has 0 heterocycles. The molecule has 0 amide bonds. The van der Waals surface area contributed by atoms with E-state index < -0.39 is 0 Å². The number of nitrogens with zero attached hydrogens (tertiary/aromatic N) is 2. The third kappa shape index (κ3) is 6.24. The molecule has 0 spiro atoms. The molecule has 8 aromatic carbocycles. The molecule has 0 aliphatic heterocycles. The fourth-order valence-corrected chi connectivity index (χ4v) is 6.90. The lowest BCUT2D eigenvalue weighted by Crippen LogP contribution is -2.12. The number of anilines is 6. The first-order valence-corrected chi connectivity index (χ1v) is 17.6. The summed E-state index contributed by atoms with van der Waals surface area (Å²) < 4.78 is 0. The third-order valence-electron chi connectivity index (χ3n) is 9.91. The van der Waals surface area contributed by atoms with Gasteiger partial charge in [0.2, 0.25) is 0 Å². The molecule has 0 bridgehead atoms. The summed E-state index contributed by atoms with van der Waals surface area (Å²) in [4.78, 5) is 4.72. The van der Waals surface area contributed by atoms with E-state index in [2.05, 4.69) is 212 Å². The molecule has 8 aromatic rings. The topological polar surface area (TPSA) is 6.48 Å². The van der Waals surface area contributed by atoms with Crippen molar-refractivity contribution in [2.45, 2.75) is 26.2 Å². The van der Waals surface area contributed by atoms with Crippen molar-refractivity contribution in [1.29, 1.82) is 0 Å². The van der Waals surface area contributed by atoms with Crippen LogP contribution in [0.25, 0.3) is 32.7 Å². The monoisotopic (exact) mass is 644 g/mol. The molecular formula is C48H40N2. The van der Waals surface area contributed by atoms with Gasteiger partial charge < -0.3 is 9.80 Å². The lowest BCUT2D eigenvalue weighted by Gasteiger charge is -2.29. The van der Waals surface area contributed by atoms with E-state index >= 15 is 0 Å². The summed E-state index contributed by atoms with van der Waals surface area (Å²) in [7, 11) is 0. The maximum Gasteiger partial charge on any atom is 0.0468 e. The molecule has 1 atom stereocenters. The van der Waals surface area contributed by atoms with Crippen molar-refractivity contribution in [2.24, 2.45) is 0 Å². The zero-order valence-corrected chi connectivity index (χ0v) is 28.6. The molecule has 2 heteroatoms. The summed E-state index contributed by atoms with van der Waals surface area (Å²) >= 11 is 0. The number of benzene rings is 8. The quantitative estimate of drug-likeness (QED) is 0.154. The molecule has 0 fully saturated rings. The maximum atomic E-state index is 2.37. The van der Waals surface area contributed by atoms with Crippen LogP contribution >= 0.6 is 0 Å². The van der Waals surface area contributed by atoms with Gasteiger partial charge in [-0.1, -0.05) is 129 Å². The summed E-state index contributed by atoms with van der Waals surface area (Å²) in [6, 6.07) is 68.2. The summed E-state index contributed by atoms with van der Waals surface area (Å²) in [5.74, 6) is 0.528. The van der Waals surface area contributed by atoms with E-state index in [0.29, 0.717) is 5.92 Å². The molecule has 50 heavy (non-hydrogen) atoms. The molecule has 242 valence electrons. The highest BCUT2D eigenvalue weighted by Crippen LogP contribution is 2.41. The molecule has 8 rings (SSSR count). The van der Waals surface area contributed by atoms with E-state index in [1.54, 1.807) is 0 Å². The summed E-state index contributed by atoms with van der Waals surface area (Å²) in [5, 5.41) is 4.92. The predicted octanol–water partition coefficient (Wildman–Crippen LogP) is 14.1. The molecule has 1 unspecified atom stereocenters. The average Bonchev–Trinajstić information content (AvgIpc) is 3.19. The average molecular weight is 645 g/mol. The normalized spacial score (nSPS) is 11.8. The Hall–Kier alpha value is -6.12. The van der Waals surface area contributed by atoms with Gasteiger partial charge in [-0.3, -0.25) is 0 Å². The van der Waals surface area contributed by atoms with Gasteiger partial charge in [0.1, 0.15) is 0 Å². The van der Waals surface area contributed by atoms with E-state index in [1.807, 2.05) is 0 Å². The van der Waals surface area contributed by atoms with Crippen LogP contribution in [-0.4, -0.2) is 0 Å². The Morgan fingerprint density at radius 3 is 1.18 bits per heavy atom. The Labute approximate surface area is 295 Å². The van der Waals surface area contributed by atoms with Crippen LogP contribution in [0.5, 0.6) is 0 Å². The molecule has 2 nitrogen and oxygen atoms in total. The Balaban J connectivity index is 1.22. The summed E-state index contributed by atoms with van der Waals surface area (Å²) in [5.41, 5.74) is 10.5. The lowest BCUT2D eigenvalue weighted by atomic mass is 9.98. The summed E-state index contributed by atoms with van der Waals surface area (Å²) in [6.07, 6.45) is 1.12. The van der Waals surface area contributed by atoms with Gasteiger partial charge in [0.25, 0.3) is 0 Å². The SMILES string of the molecule is CCC(C)c1ccc(N(c2ccc(N(c3ccc(-c4ccccc4)cc3)c3ccc4ccccc4c3)cc2)c2ccc3ccccc3c2)cc1. The van der Waals surface area contributed by atoms with Crippen LogP contribution in [-0.2, 0) is 0 Å². The van der Waals surface area contributed by atoms with Crippen LogP contribution < -0.4 is 9.80 Å². The van der Waals surface area contributed by atoms with Gasteiger partial charge in [-0.25, -0.2) is 0 Å². The van der Waals surface area contributed by atoms with Crippen molar-refractivity contribution in [2.75, 3.05) is 9.80 Å². The van der Waals surface area contributed by atoms with Crippen LogP contribution in [0, 0.1) is 0 Å². The second-order valence-electron chi connectivity index (χ2n) is 13.1. The van der Waals surface area contributed by atoms with Gasteiger partial charge in [0.05, 0.1) is 0 Å². The Morgan fingerprint density at radius 1 is 0.360 bits per heavy atom. The number of rotatable bonds is 9. The minimum absolute atomic E-state index is 0.528. The molecule has 0 aromatic heterocycles. The Kier molecular flexibility index (Phi) is 8.59. The van der Waals surface area contributed by atoms with Crippen LogP contribution in [0.1, 0.15) is 31.7 Å². The minimum Gasteiger partial charge on any atom is -0.310 e. The predicted molar refractivity (Wildman–Crippen MR) is 215 cm³/mol. The maximum absolute atomic E-state index is 2.37. The van der Waals surface area contributed by atoms with Crippen molar-refractivity contribution in [3.63, 3.8) is 0 Å². The smallest absolute Gasteiger partial charge is 0.0468 e. The fourth-order valence-electron chi connectivity index (χ4n) is 6.90. The van der Waals surface area contributed by atoms with Gasteiger partial charge in [-0.15, -0.1) is 0 Å². The molecular weight excluding hydrogens is 605 g/mol. The van der Waals surface area contributed by atoms with Crippen molar-refractivity contribution >= 4 is 55.7 Å².